The van der Waals surface area contributed by atoms with Crippen molar-refractivity contribution in [3.63, 3.8) is 0 Å². The Morgan fingerprint density at radius 2 is 2.06 bits per heavy atom. The molecule has 0 aliphatic heterocycles. The summed E-state index contributed by atoms with van der Waals surface area (Å²) in [7, 11) is 0. The van der Waals surface area contributed by atoms with E-state index in [1.807, 2.05) is 41.9 Å². The minimum absolute atomic E-state index is 0.0805. The number of hydrogen-bond donors (Lipinski definition) is 1. The number of aromatic nitrogens is 2. The summed E-state index contributed by atoms with van der Waals surface area (Å²) in [4.78, 5) is 21.1. The van der Waals surface area contributed by atoms with Crippen molar-refractivity contribution in [3.05, 3.63) is 86.3 Å². The van der Waals surface area contributed by atoms with Crippen LogP contribution in [0.3, 0.4) is 0 Å². The Kier molecular flexibility index (Phi) is 6.73. The zero-order chi connectivity index (χ0) is 21.8. The number of benzene rings is 1. The molecule has 5 nitrogen and oxygen atoms in total. The molecule has 0 radical (unpaired) electrons. The lowest BCUT2D eigenvalue weighted by Gasteiger charge is -2.24. The molecule has 3 aromatic heterocycles. The summed E-state index contributed by atoms with van der Waals surface area (Å²) in [5, 5.41) is 5.03. The lowest BCUT2D eigenvalue weighted by atomic mass is 10.2. The minimum Gasteiger partial charge on any atom is -0.352 e. The Labute approximate surface area is 194 Å². The standard InChI is InChI=1S/C24H25BrN4OS/c1-3-21-24(28(4-2)15-17-7-5-8-19(25)13-17)29-16-18(10-11-22(29)27-21)23(30)26-14-20-9-6-12-31-20/h5-13,16H,3-4,14-15H2,1-2H3,(H,26,30). The van der Waals surface area contributed by atoms with E-state index < -0.39 is 0 Å². The Hall–Kier alpha value is -2.64. The van der Waals surface area contributed by atoms with Crippen LogP contribution < -0.4 is 10.2 Å². The van der Waals surface area contributed by atoms with E-state index in [4.69, 9.17) is 4.98 Å². The summed E-state index contributed by atoms with van der Waals surface area (Å²) in [6.07, 6.45) is 2.73. The van der Waals surface area contributed by atoms with Crippen LogP contribution in [0.5, 0.6) is 0 Å². The predicted molar refractivity (Wildman–Crippen MR) is 131 cm³/mol. The van der Waals surface area contributed by atoms with Gasteiger partial charge in [-0.2, -0.15) is 0 Å². The van der Waals surface area contributed by atoms with Crippen LogP contribution in [-0.4, -0.2) is 21.8 Å². The summed E-state index contributed by atoms with van der Waals surface area (Å²) in [5.41, 5.74) is 3.74. The van der Waals surface area contributed by atoms with Gasteiger partial charge >= 0.3 is 0 Å². The van der Waals surface area contributed by atoms with Gasteiger partial charge in [-0.3, -0.25) is 9.20 Å². The zero-order valence-corrected chi connectivity index (χ0v) is 20.0. The molecule has 0 aliphatic carbocycles. The number of nitrogens with zero attached hydrogens (tertiary/aromatic N) is 3. The first-order valence-electron chi connectivity index (χ1n) is 10.4. The SMILES string of the molecule is CCc1nc2ccc(C(=O)NCc3cccs3)cn2c1N(CC)Cc1cccc(Br)c1. The Balaban J connectivity index is 1.66. The van der Waals surface area contributed by atoms with Gasteiger partial charge in [0.2, 0.25) is 0 Å². The van der Waals surface area contributed by atoms with Gasteiger partial charge in [-0.1, -0.05) is 41.1 Å². The van der Waals surface area contributed by atoms with E-state index in [0.717, 1.165) is 46.0 Å². The number of fused-ring (bicyclic) bond motifs is 1. The Morgan fingerprint density at radius 3 is 2.77 bits per heavy atom. The van der Waals surface area contributed by atoms with Gasteiger partial charge < -0.3 is 10.2 Å². The van der Waals surface area contributed by atoms with Crippen molar-refractivity contribution in [3.8, 4) is 0 Å². The van der Waals surface area contributed by atoms with Crippen molar-refractivity contribution in [2.24, 2.45) is 0 Å². The first-order chi connectivity index (χ1) is 15.1. The van der Waals surface area contributed by atoms with Crippen LogP contribution >= 0.6 is 27.3 Å². The van der Waals surface area contributed by atoms with Crippen LogP contribution in [0, 0.1) is 0 Å². The van der Waals surface area contributed by atoms with Gasteiger partial charge in [0, 0.05) is 28.6 Å². The van der Waals surface area contributed by atoms with Crippen LogP contribution in [0.4, 0.5) is 5.82 Å². The van der Waals surface area contributed by atoms with Crippen molar-refractivity contribution in [2.45, 2.75) is 33.4 Å². The highest BCUT2D eigenvalue weighted by molar-refractivity contribution is 9.10. The van der Waals surface area contributed by atoms with E-state index in [2.05, 4.69) is 62.6 Å². The van der Waals surface area contributed by atoms with Crippen molar-refractivity contribution >= 4 is 44.6 Å². The number of anilines is 1. The maximum atomic E-state index is 12.8. The highest BCUT2D eigenvalue weighted by atomic mass is 79.9. The van der Waals surface area contributed by atoms with Crippen molar-refractivity contribution in [1.29, 1.82) is 0 Å². The number of carbonyl (C=O) groups excluding carboxylic acids is 1. The summed E-state index contributed by atoms with van der Waals surface area (Å²) in [5.74, 6) is 0.968. The Bertz CT molecular complexity index is 1190. The van der Waals surface area contributed by atoms with Gasteiger partial charge in [0.25, 0.3) is 5.91 Å². The third-order valence-corrected chi connectivity index (χ3v) is 6.58. The van der Waals surface area contributed by atoms with Crippen LogP contribution in [-0.2, 0) is 19.5 Å². The number of rotatable bonds is 8. The molecule has 1 N–H and O–H groups in total. The number of hydrogen-bond acceptors (Lipinski definition) is 4. The highest BCUT2D eigenvalue weighted by Gasteiger charge is 2.18. The van der Waals surface area contributed by atoms with Crippen molar-refractivity contribution in [2.75, 3.05) is 11.4 Å². The summed E-state index contributed by atoms with van der Waals surface area (Å²) in [6.45, 7) is 6.41. The number of carbonyl (C=O) groups is 1. The van der Waals surface area contributed by atoms with E-state index >= 15 is 0 Å². The smallest absolute Gasteiger partial charge is 0.253 e. The predicted octanol–water partition coefficient (Wildman–Crippen LogP) is 5.68. The van der Waals surface area contributed by atoms with E-state index in [-0.39, 0.29) is 5.91 Å². The minimum atomic E-state index is -0.0805. The molecule has 31 heavy (non-hydrogen) atoms. The van der Waals surface area contributed by atoms with Gasteiger partial charge in [-0.15, -0.1) is 11.3 Å². The third-order valence-electron chi connectivity index (χ3n) is 5.21. The van der Waals surface area contributed by atoms with Gasteiger partial charge in [0.05, 0.1) is 17.8 Å². The fourth-order valence-electron chi connectivity index (χ4n) is 3.66. The summed E-state index contributed by atoms with van der Waals surface area (Å²) >= 11 is 5.21. The molecule has 0 bridgehead atoms. The Morgan fingerprint density at radius 1 is 1.19 bits per heavy atom. The molecule has 0 fully saturated rings. The second-order valence-electron chi connectivity index (χ2n) is 7.29. The van der Waals surface area contributed by atoms with E-state index in [1.54, 1.807) is 11.3 Å². The largest absolute Gasteiger partial charge is 0.352 e. The van der Waals surface area contributed by atoms with Gasteiger partial charge in [-0.25, -0.2) is 4.98 Å². The quantitative estimate of drug-likeness (QED) is 0.341. The van der Waals surface area contributed by atoms with Crippen LogP contribution in [0.25, 0.3) is 5.65 Å². The summed E-state index contributed by atoms with van der Waals surface area (Å²) < 4.78 is 3.13. The monoisotopic (exact) mass is 496 g/mol. The fraction of sp³-hybridized carbons (Fsp3) is 0.250. The number of nitrogens with one attached hydrogen (secondary N) is 1. The van der Waals surface area contributed by atoms with Crippen molar-refractivity contribution < 1.29 is 4.79 Å². The topological polar surface area (TPSA) is 49.6 Å². The molecule has 0 atom stereocenters. The van der Waals surface area contributed by atoms with Gasteiger partial charge in [0.15, 0.2) is 0 Å². The number of thiophene rings is 1. The van der Waals surface area contributed by atoms with E-state index in [0.29, 0.717) is 12.1 Å². The first-order valence-corrected chi connectivity index (χ1v) is 12.1. The third kappa shape index (κ3) is 4.83. The van der Waals surface area contributed by atoms with Gasteiger partial charge in [0.1, 0.15) is 11.5 Å². The average Bonchev–Trinajstić information content (AvgIpc) is 3.43. The molecular formula is C24H25BrN4OS. The lowest BCUT2D eigenvalue weighted by Crippen LogP contribution is -2.25. The molecule has 3 heterocycles. The van der Waals surface area contributed by atoms with E-state index in [1.165, 1.54) is 5.56 Å². The molecule has 1 amide bonds. The number of imidazole rings is 1. The van der Waals surface area contributed by atoms with Crippen LogP contribution in [0.1, 0.15) is 40.3 Å². The second kappa shape index (κ2) is 9.66. The molecule has 0 spiro atoms. The number of amides is 1. The molecule has 7 heteroatoms. The maximum Gasteiger partial charge on any atom is 0.253 e. The molecule has 160 valence electrons. The average molecular weight is 497 g/mol. The molecule has 4 rings (SSSR count). The molecule has 0 saturated heterocycles. The van der Waals surface area contributed by atoms with E-state index in [9.17, 15) is 4.79 Å². The molecule has 4 aromatic rings. The molecular weight excluding hydrogens is 472 g/mol. The summed E-state index contributed by atoms with van der Waals surface area (Å²) in [6, 6.07) is 16.1. The van der Waals surface area contributed by atoms with Crippen molar-refractivity contribution in [1.82, 2.24) is 14.7 Å². The molecule has 0 aliphatic rings. The molecule has 1 aromatic carbocycles. The maximum absolute atomic E-state index is 12.8. The zero-order valence-electron chi connectivity index (χ0n) is 17.6. The normalized spacial score (nSPS) is 11.1. The van der Waals surface area contributed by atoms with Crippen LogP contribution in [0.15, 0.2) is 64.6 Å². The van der Waals surface area contributed by atoms with Gasteiger partial charge in [-0.05, 0) is 54.6 Å². The molecule has 0 unspecified atom stereocenters. The number of pyridine rings is 1. The van der Waals surface area contributed by atoms with Crippen LogP contribution in [0.2, 0.25) is 0 Å². The highest BCUT2D eigenvalue weighted by Crippen LogP contribution is 2.26. The fourth-order valence-corrected chi connectivity index (χ4v) is 4.75. The lowest BCUT2D eigenvalue weighted by molar-refractivity contribution is 0.0951. The number of halogens is 1. The molecule has 0 saturated carbocycles. The second-order valence-corrected chi connectivity index (χ2v) is 9.24. The first kappa shape index (κ1) is 21.6. The number of aryl methyl sites for hydroxylation is 1.